The maximum atomic E-state index is 7.08. The minimum atomic E-state index is -0.453. The molecule has 0 saturated carbocycles. The summed E-state index contributed by atoms with van der Waals surface area (Å²) in [6.07, 6.45) is 1.94. The molecule has 0 unspecified atom stereocenters. The Bertz CT molecular complexity index is 1110. The predicted octanol–water partition coefficient (Wildman–Crippen LogP) is 5.71. The second-order valence-corrected chi connectivity index (χ2v) is 8.45. The maximum absolute atomic E-state index is 7.08. The summed E-state index contributed by atoms with van der Waals surface area (Å²) in [4.78, 5) is 0. The van der Waals surface area contributed by atoms with Crippen molar-refractivity contribution in [2.75, 3.05) is 0 Å². The number of ether oxygens (including phenoxy) is 1. The van der Waals surface area contributed by atoms with Crippen LogP contribution in [0.5, 0.6) is 0 Å². The summed E-state index contributed by atoms with van der Waals surface area (Å²) in [5, 5.41) is 0. The number of rotatable bonds is 0. The summed E-state index contributed by atoms with van der Waals surface area (Å²) in [6, 6.07) is 35.4. The Kier molecular flexibility index (Phi) is 2.85. The first-order chi connectivity index (χ1) is 14.3. The molecule has 4 aromatic carbocycles. The molecule has 0 aromatic heterocycles. The van der Waals surface area contributed by atoms with E-state index in [2.05, 4.69) is 97.1 Å². The van der Waals surface area contributed by atoms with Gasteiger partial charge in [0.1, 0.15) is 0 Å². The summed E-state index contributed by atoms with van der Waals surface area (Å²) in [5.74, 6) is 0. The van der Waals surface area contributed by atoms with Gasteiger partial charge in [0.25, 0.3) is 0 Å². The number of hydrogen-bond acceptors (Lipinski definition) is 1. The van der Waals surface area contributed by atoms with Gasteiger partial charge < -0.3 is 4.74 Å². The smallest absolute Gasteiger partial charge is 0.158 e. The Morgan fingerprint density at radius 3 is 1.00 bits per heavy atom. The van der Waals surface area contributed by atoms with Crippen molar-refractivity contribution in [2.45, 2.75) is 24.0 Å². The van der Waals surface area contributed by atoms with E-state index in [1.165, 1.54) is 44.5 Å². The fourth-order valence-electron chi connectivity index (χ4n) is 5.95. The molecule has 0 N–H and O–H groups in total. The van der Waals surface area contributed by atoms with Gasteiger partial charge in [-0.05, 0) is 57.3 Å². The third-order valence-corrected chi connectivity index (χ3v) is 7.11. The second kappa shape index (κ2) is 5.25. The molecule has 1 saturated heterocycles. The molecule has 1 heterocycles. The summed E-state index contributed by atoms with van der Waals surface area (Å²) in [7, 11) is 0. The molecule has 2 spiro atoms. The Hall–Kier alpha value is -3.16. The molecule has 4 aromatic rings. The summed E-state index contributed by atoms with van der Waals surface area (Å²) in [5.41, 5.74) is 9.90. The van der Waals surface area contributed by atoms with Crippen LogP contribution < -0.4 is 0 Å². The van der Waals surface area contributed by atoms with Gasteiger partial charge in [-0.2, -0.15) is 0 Å². The average Bonchev–Trinajstić information content (AvgIpc) is 3.45. The van der Waals surface area contributed by atoms with Gasteiger partial charge in [0.05, 0.1) is 0 Å². The summed E-state index contributed by atoms with van der Waals surface area (Å²) in [6.45, 7) is 0. The van der Waals surface area contributed by atoms with Crippen molar-refractivity contribution in [1.82, 2.24) is 0 Å². The van der Waals surface area contributed by atoms with Crippen molar-refractivity contribution in [1.29, 1.82) is 0 Å². The fourth-order valence-corrected chi connectivity index (χ4v) is 5.95. The van der Waals surface area contributed by atoms with E-state index < -0.39 is 11.2 Å². The van der Waals surface area contributed by atoms with Gasteiger partial charge in [0, 0.05) is 0 Å². The van der Waals surface area contributed by atoms with Crippen LogP contribution >= 0.6 is 0 Å². The zero-order valence-electron chi connectivity index (χ0n) is 16.1. The Morgan fingerprint density at radius 2 is 0.690 bits per heavy atom. The van der Waals surface area contributed by atoms with E-state index >= 15 is 0 Å². The van der Waals surface area contributed by atoms with Gasteiger partial charge in [-0.3, -0.25) is 0 Å². The van der Waals surface area contributed by atoms with Gasteiger partial charge >= 0.3 is 0 Å². The van der Waals surface area contributed by atoms with Crippen LogP contribution in [-0.4, -0.2) is 0 Å². The standard InChI is InChI=1S/C28H20O/c1-5-13-23-19(9-1)17-20-10-2-6-14-24(20)27(23)28(29-27)25-15-7-3-11-21(25)18-22-12-4-8-16-26(22)28/h1-16H,17-18H2. The SMILES string of the molecule is c1ccc2c(c1)Cc1ccccc1C21OC12c1ccccc1Cc1ccccc12. The van der Waals surface area contributed by atoms with Crippen LogP contribution in [0.2, 0.25) is 0 Å². The van der Waals surface area contributed by atoms with Crippen LogP contribution in [-0.2, 0) is 28.8 Å². The molecular formula is C28H20O. The molecule has 0 atom stereocenters. The molecule has 1 heteroatoms. The van der Waals surface area contributed by atoms with Crippen molar-refractivity contribution < 1.29 is 4.74 Å². The zero-order valence-corrected chi connectivity index (χ0v) is 16.1. The molecule has 2 aliphatic carbocycles. The van der Waals surface area contributed by atoms with Gasteiger partial charge in [0.15, 0.2) is 11.2 Å². The maximum Gasteiger partial charge on any atom is 0.158 e. The van der Waals surface area contributed by atoms with E-state index in [0.29, 0.717) is 0 Å². The highest BCUT2D eigenvalue weighted by Crippen LogP contribution is 2.72. The third-order valence-electron chi connectivity index (χ3n) is 7.11. The van der Waals surface area contributed by atoms with E-state index in [1.54, 1.807) is 0 Å². The number of epoxide rings is 1. The zero-order chi connectivity index (χ0) is 19.1. The second-order valence-electron chi connectivity index (χ2n) is 8.45. The molecule has 0 amide bonds. The van der Waals surface area contributed by atoms with Crippen molar-refractivity contribution in [2.24, 2.45) is 0 Å². The van der Waals surface area contributed by atoms with E-state index in [4.69, 9.17) is 4.74 Å². The van der Waals surface area contributed by atoms with Crippen LogP contribution in [0.4, 0.5) is 0 Å². The Balaban J connectivity index is 1.62. The van der Waals surface area contributed by atoms with Gasteiger partial charge in [0.2, 0.25) is 0 Å². The quantitative estimate of drug-likeness (QED) is 0.360. The fraction of sp³-hybridized carbons (Fsp3) is 0.143. The molecule has 1 fully saturated rings. The highest BCUT2D eigenvalue weighted by Gasteiger charge is 2.76. The number of benzene rings is 4. The van der Waals surface area contributed by atoms with E-state index in [1.807, 2.05) is 0 Å². The predicted molar refractivity (Wildman–Crippen MR) is 114 cm³/mol. The number of hydrogen-bond donors (Lipinski definition) is 0. The molecule has 138 valence electrons. The van der Waals surface area contributed by atoms with Crippen LogP contribution in [0.15, 0.2) is 97.1 Å². The van der Waals surface area contributed by atoms with Gasteiger partial charge in [-0.15, -0.1) is 0 Å². The van der Waals surface area contributed by atoms with E-state index in [9.17, 15) is 0 Å². The molecular weight excluding hydrogens is 352 g/mol. The van der Waals surface area contributed by atoms with E-state index in [0.717, 1.165) is 12.8 Å². The minimum absolute atomic E-state index is 0.453. The Morgan fingerprint density at radius 1 is 0.414 bits per heavy atom. The van der Waals surface area contributed by atoms with Gasteiger partial charge in [-0.1, -0.05) is 97.1 Å². The van der Waals surface area contributed by atoms with E-state index in [-0.39, 0.29) is 0 Å². The minimum Gasteiger partial charge on any atom is -0.342 e. The largest absolute Gasteiger partial charge is 0.342 e. The molecule has 7 rings (SSSR count). The monoisotopic (exact) mass is 372 g/mol. The molecule has 29 heavy (non-hydrogen) atoms. The normalized spacial score (nSPS) is 18.5. The average molecular weight is 372 g/mol. The summed E-state index contributed by atoms with van der Waals surface area (Å²) >= 11 is 0. The first-order valence-electron chi connectivity index (χ1n) is 10.4. The van der Waals surface area contributed by atoms with Crippen LogP contribution in [0, 0.1) is 0 Å². The van der Waals surface area contributed by atoms with Crippen molar-refractivity contribution in [3.63, 3.8) is 0 Å². The summed E-state index contributed by atoms with van der Waals surface area (Å²) < 4.78 is 7.08. The van der Waals surface area contributed by atoms with Gasteiger partial charge in [-0.25, -0.2) is 0 Å². The molecule has 0 bridgehead atoms. The van der Waals surface area contributed by atoms with Crippen LogP contribution in [0.1, 0.15) is 44.5 Å². The topological polar surface area (TPSA) is 12.5 Å². The first kappa shape index (κ1) is 15.7. The first-order valence-corrected chi connectivity index (χ1v) is 10.4. The lowest BCUT2D eigenvalue weighted by Crippen LogP contribution is -2.33. The molecule has 0 radical (unpaired) electrons. The third kappa shape index (κ3) is 1.76. The Labute approximate surface area is 170 Å². The molecule has 1 nitrogen and oxygen atoms in total. The lowest BCUT2D eigenvalue weighted by molar-refractivity contribution is 0.294. The van der Waals surface area contributed by atoms with Crippen molar-refractivity contribution >= 4 is 0 Å². The highest BCUT2D eigenvalue weighted by atomic mass is 16.6. The molecule has 1 aliphatic heterocycles. The lowest BCUT2D eigenvalue weighted by Gasteiger charge is -2.33. The van der Waals surface area contributed by atoms with Crippen molar-refractivity contribution in [3.8, 4) is 0 Å². The number of fused-ring (bicyclic) bond motifs is 9. The molecule has 3 aliphatic rings. The highest BCUT2D eigenvalue weighted by molar-refractivity contribution is 5.67. The van der Waals surface area contributed by atoms with Crippen molar-refractivity contribution in [3.05, 3.63) is 142 Å². The lowest BCUT2D eigenvalue weighted by atomic mass is 9.64. The van der Waals surface area contributed by atoms with Crippen LogP contribution in [0.25, 0.3) is 0 Å². The van der Waals surface area contributed by atoms with Crippen LogP contribution in [0.3, 0.4) is 0 Å².